The molecule has 0 aliphatic heterocycles. The average molecular weight is 457 g/mol. The number of sulfone groups is 1. The van der Waals surface area contributed by atoms with Crippen LogP contribution >= 0.6 is 0 Å². The average Bonchev–Trinajstić information content (AvgIpc) is 2.73. The lowest BCUT2D eigenvalue weighted by atomic mass is 10.1. The van der Waals surface area contributed by atoms with E-state index in [9.17, 15) is 18.0 Å². The SMILES string of the molecule is CCNC(=O)c1ccc(C)c(-n2cnc3ccc(CN(C)CCS(C)(=O)=O)cc3c2=O)c1. The van der Waals surface area contributed by atoms with E-state index in [0.717, 1.165) is 11.1 Å². The van der Waals surface area contributed by atoms with Crippen LogP contribution in [0.15, 0.2) is 47.5 Å². The van der Waals surface area contributed by atoms with Crippen molar-refractivity contribution in [3.63, 3.8) is 0 Å². The molecule has 1 amide bonds. The second-order valence-corrected chi connectivity index (χ2v) is 10.3. The Balaban J connectivity index is 1.97. The number of carbonyl (C=O) groups excluding carboxylic acids is 1. The van der Waals surface area contributed by atoms with Gasteiger partial charge >= 0.3 is 0 Å². The first-order chi connectivity index (χ1) is 15.1. The Morgan fingerprint density at radius 1 is 1.19 bits per heavy atom. The van der Waals surface area contributed by atoms with Gasteiger partial charge in [-0.05, 0) is 56.3 Å². The molecule has 32 heavy (non-hydrogen) atoms. The van der Waals surface area contributed by atoms with Gasteiger partial charge in [0.2, 0.25) is 0 Å². The quantitative estimate of drug-likeness (QED) is 0.556. The smallest absolute Gasteiger partial charge is 0.265 e. The van der Waals surface area contributed by atoms with E-state index in [1.165, 1.54) is 17.2 Å². The highest BCUT2D eigenvalue weighted by atomic mass is 32.2. The molecule has 0 atom stereocenters. The number of hydrogen-bond acceptors (Lipinski definition) is 6. The summed E-state index contributed by atoms with van der Waals surface area (Å²) in [6.45, 7) is 5.15. The maximum absolute atomic E-state index is 13.3. The molecule has 0 bridgehead atoms. The van der Waals surface area contributed by atoms with E-state index < -0.39 is 9.84 Å². The standard InChI is InChI=1S/C23H28N4O4S/c1-5-24-22(28)18-8-6-16(2)21(13-18)27-15-25-20-9-7-17(12-19(20)23(27)29)14-26(3)10-11-32(4,30)31/h6-9,12-13,15H,5,10-11,14H2,1-4H3,(H,24,28). The highest BCUT2D eigenvalue weighted by Crippen LogP contribution is 2.17. The van der Waals surface area contributed by atoms with Crippen LogP contribution in [0, 0.1) is 6.92 Å². The van der Waals surface area contributed by atoms with Crippen molar-refractivity contribution in [1.29, 1.82) is 0 Å². The zero-order chi connectivity index (χ0) is 23.5. The van der Waals surface area contributed by atoms with Gasteiger partial charge in [0.1, 0.15) is 16.2 Å². The van der Waals surface area contributed by atoms with Gasteiger partial charge in [-0.1, -0.05) is 12.1 Å². The number of rotatable bonds is 8. The van der Waals surface area contributed by atoms with Crippen LogP contribution in [-0.4, -0.2) is 60.9 Å². The minimum absolute atomic E-state index is 0.0761. The molecule has 3 aromatic rings. The Kier molecular flexibility index (Phi) is 7.10. The fraction of sp³-hybridized carbons (Fsp3) is 0.348. The lowest BCUT2D eigenvalue weighted by molar-refractivity contribution is 0.0955. The van der Waals surface area contributed by atoms with Crippen molar-refractivity contribution in [2.75, 3.05) is 32.1 Å². The monoisotopic (exact) mass is 456 g/mol. The van der Waals surface area contributed by atoms with Crippen LogP contribution in [-0.2, 0) is 16.4 Å². The van der Waals surface area contributed by atoms with E-state index >= 15 is 0 Å². The first-order valence-electron chi connectivity index (χ1n) is 10.3. The third kappa shape index (κ3) is 5.60. The predicted octanol–water partition coefficient (Wildman–Crippen LogP) is 1.92. The molecule has 2 aromatic carbocycles. The van der Waals surface area contributed by atoms with Crippen LogP contribution in [0.25, 0.3) is 16.6 Å². The highest BCUT2D eigenvalue weighted by Gasteiger charge is 2.13. The molecule has 8 nitrogen and oxygen atoms in total. The van der Waals surface area contributed by atoms with E-state index in [2.05, 4.69) is 10.3 Å². The number of nitrogens with zero attached hydrogens (tertiary/aromatic N) is 3. The van der Waals surface area contributed by atoms with Crippen molar-refractivity contribution in [2.45, 2.75) is 20.4 Å². The van der Waals surface area contributed by atoms with Crippen LogP contribution in [0.4, 0.5) is 0 Å². The number of benzene rings is 2. The largest absolute Gasteiger partial charge is 0.352 e. The summed E-state index contributed by atoms with van der Waals surface area (Å²) in [6.07, 6.45) is 2.69. The van der Waals surface area contributed by atoms with Gasteiger partial charge in [-0.25, -0.2) is 13.4 Å². The summed E-state index contributed by atoms with van der Waals surface area (Å²) in [6, 6.07) is 10.7. The zero-order valence-electron chi connectivity index (χ0n) is 18.8. The summed E-state index contributed by atoms with van der Waals surface area (Å²) in [7, 11) is -1.20. The van der Waals surface area contributed by atoms with Gasteiger partial charge < -0.3 is 10.2 Å². The Bertz CT molecular complexity index is 1320. The number of carbonyl (C=O) groups is 1. The summed E-state index contributed by atoms with van der Waals surface area (Å²) in [5, 5.41) is 3.23. The minimum atomic E-state index is -3.04. The molecule has 170 valence electrons. The van der Waals surface area contributed by atoms with E-state index in [4.69, 9.17) is 0 Å². The Labute approximate surface area is 187 Å². The zero-order valence-corrected chi connectivity index (χ0v) is 19.6. The molecule has 0 spiro atoms. The molecule has 1 N–H and O–H groups in total. The van der Waals surface area contributed by atoms with Gasteiger partial charge in [0.25, 0.3) is 11.5 Å². The summed E-state index contributed by atoms with van der Waals surface area (Å²) >= 11 is 0. The van der Waals surface area contributed by atoms with Gasteiger partial charge in [-0.3, -0.25) is 14.2 Å². The highest BCUT2D eigenvalue weighted by molar-refractivity contribution is 7.90. The second-order valence-electron chi connectivity index (χ2n) is 8.00. The van der Waals surface area contributed by atoms with Gasteiger partial charge in [-0.15, -0.1) is 0 Å². The number of aryl methyl sites for hydroxylation is 1. The molecule has 0 unspecified atom stereocenters. The molecular formula is C23H28N4O4S. The minimum Gasteiger partial charge on any atom is -0.352 e. The van der Waals surface area contributed by atoms with E-state index in [1.54, 1.807) is 24.3 Å². The molecule has 1 heterocycles. The number of amides is 1. The van der Waals surface area contributed by atoms with Gasteiger partial charge in [-0.2, -0.15) is 0 Å². The van der Waals surface area contributed by atoms with E-state index in [0.29, 0.717) is 41.8 Å². The Morgan fingerprint density at radius 2 is 1.94 bits per heavy atom. The van der Waals surface area contributed by atoms with Crippen molar-refractivity contribution >= 4 is 26.6 Å². The topological polar surface area (TPSA) is 101 Å². The van der Waals surface area contributed by atoms with E-state index in [-0.39, 0.29) is 17.2 Å². The summed E-state index contributed by atoms with van der Waals surface area (Å²) < 4.78 is 24.3. The Morgan fingerprint density at radius 3 is 2.62 bits per heavy atom. The lowest BCUT2D eigenvalue weighted by Crippen LogP contribution is -2.25. The third-order valence-corrected chi connectivity index (χ3v) is 6.11. The second kappa shape index (κ2) is 9.62. The van der Waals surface area contributed by atoms with Crippen LogP contribution in [0.2, 0.25) is 0 Å². The predicted molar refractivity (Wildman–Crippen MR) is 126 cm³/mol. The lowest BCUT2D eigenvalue weighted by Gasteiger charge is -2.16. The first-order valence-corrected chi connectivity index (χ1v) is 12.4. The van der Waals surface area contributed by atoms with Crippen molar-refractivity contribution in [3.8, 4) is 5.69 Å². The molecule has 0 radical (unpaired) electrons. The number of aromatic nitrogens is 2. The number of hydrogen-bond donors (Lipinski definition) is 1. The number of nitrogens with one attached hydrogen (secondary N) is 1. The van der Waals surface area contributed by atoms with Crippen molar-refractivity contribution in [1.82, 2.24) is 19.8 Å². The third-order valence-electron chi connectivity index (χ3n) is 5.19. The van der Waals surface area contributed by atoms with Crippen LogP contribution in [0.5, 0.6) is 0 Å². The molecule has 0 aliphatic carbocycles. The normalized spacial score (nSPS) is 11.8. The molecule has 9 heteroatoms. The van der Waals surface area contributed by atoms with E-state index in [1.807, 2.05) is 37.9 Å². The summed E-state index contributed by atoms with van der Waals surface area (Å²) in [4.78, 5) is 31.9. The summed E-state index contributed by atoms with van der Waals surface area (Å²) in [5.74, 6) is -0.123. The van der Waals surface area contributed by atoms with Gasteiger partial charge in [0.15, 0.2) is 0 Å². The van der Waals surface area contributed by atoms with Crippen LogP contribution in [0.1, 0.15) is 28.4 Å². The van der Waals surface area contributed by atoms with Crippen molar-refractivity contribution < 1.29 is 13.2 Å². The molecule has 0 fully saturated rings. The fourth-order valence-electron chi connectivity index (χ4n) is 3.42. The number of fused-ring (bicyclic) bond motifs is 1. The van der Waals surface area contributed by atoms with Crippen molar-refractivity contribution in [2.24, 2.45) is 0 Å². The van der Waals surface area contributed by atoms with Crippen LogP contribution in [0.3, 0.4) is 0 Å². The molecule has 0 aliphatic rings. The Hall–Kier alpha value is -3.04. The summed E-state index contributed by atoms with van der Waals surface area (Å²) in [5.41, 5.74) is 3.15. The fourth-order valence-corrected chi connectivity index (χ4v) is 4.07. The van der Waals surface area contributed by atoms with Gasteiger partial charge in [0, 0.05) is 31.5 Å². The molecular weight excluding hydrogens is 428 g/mol. The molecule has 0 saturated carbocycles. The maximum Gasteiger partial charge on any atom is 0.265 e. The maximum atomic E-state index is 13.3. The van der Waals surface area contributed by atoms with Crippen molar-refractivity contribution in [3.05, 3.63) is 69.8 Å². The van der Waals surface area contributed by atoms with Crippen LogP contribution < -0.4 is 10.9 Å². The molecule has 0 saturated heterocycles. The van der Waals surface area contributed by atoms with Gasteiger partial charge in [0.05, 0.1) is 22.3 Å². The molecule has 1 aromatic heterocycles. The molecule has 3 rings (SSSR count). The first kappa shape index (κ1) is 23.6.